The van der Waals surface area contributed by atoms with E-state index >= 15 is 0 Å². The number of benzene rings is 1. The van der Waals surface area contributed by atoms with E-state index in [-0.39, 0.29) is 11.5 Å². The first-order valence-electron chi connectivity index (χ1n) is 8.05. The number of piperidine rings is 1. The molecule has 1 aromatic carbocycles. The quantitative estimate of drug-likeness (QED) is 0.940. The van der Waals surface area contributed by atoms with Crippen molar-refractivity contribution in [3.63, 3.8) is 0 Å². The number of ether oxygens (including phenoxy) is 1. The van der Waals surface area contributed by atoms with Crippen LogP contribution in [0.2, 0.25) is 0 Å². The Labute approximate surface area is 137 Å². The van der Waals surface area contributed by atoms with Crippen molar-refractivity contribution in [1.29, 1.82) is 0 Å². The summed E-state index contributed by atoms with van der Waals surface area (Å²) in [7, 11) is 1.66. The summed E-state index contributed by atoms with van der Waals surface area (Å²) in [6, 6.07) is 8.06. The molecule has 0 aliphatic carbocycles. The first-order valence-corrected chi connectivity index (χ1v) is 8.05. The fourth-order valence-electron chi connectivity index (χ4n) is 3.08. The van der Waals surface area contributed by atoms with Crippen molar-refractivity contribution in [2.24, 2.45) is 11.1 Å². The van der Waals surface area contributed by atoms with Crippen molar-refractivity contribution in [2.45, 2.75) is 32.9 Å². The number of methoxy groups -OCH3 is 1. The molecule has 3 rings (SSSR count). The Morgan fingerprint density at radius 3 is 2.74 bits per heavy atom. The number of hydrogen-bond acceptors (Lipinski definition) is 5. The van der Waals surface area contributed by atoms with E-state index < -0.39 is 0 Å². The highest BCUT2D eigenvalue weighted by Crippen LogP contribution is 2.29. The monoisotopic (exact) mass is 315 g/mol. The number of nitrogens with two attached hydrogens (primary N) is 1. The molecule has 0 bridgehead atoms. The average Bonchev–Trinajstić information content (AvgIpc) is 2.99. The number of likely N-dealkylation sites (tertiary alicyclic amines) is 1. The Bertz CT molecular complexity index is 649. The van der Waals surface area contributed by atoms with Crippen molar-refractivity contribution in [2.75, 3.05) is 20.2 Å². The standard InChI is InChI=1S/C18H25N3O2/c1-18(2)12-21(9-8-16(18)19)11-17-20-10-15(23-17)13-4-6-14(22-3)7-5-13/h4-7,10,16H,8-9,11-12,19H2,1-3H3. The third kappa shape index (κ3) is 3.57. The van der Waals surface area contributed by atoms with Crippen LogP contribution < -0.4 is 10.5 Å². The minimum absolute atomic E-state index is 0.129. The predicted molar refractivity (Wildman–Crippen MR) is 90.1 cm³/mol. The van der Waals surface area contributed by atoms with Gasteiger partial charge in [0, 0.05) is 24.7 Å². The van der Waals surface area contributed by atoms with Gasteiger partial charge in [-0.15, -0.1) is 0 Å². The molecule has 0 amide bonds. The molecule has 1 aliphatic rings. The van der Waals surface area contributed by atoms with Crippen molar-refractivity contribution >= 4 is 0 Å². The van der Waals surface area contributed by atoms with E-state index in [1.165, 1.54) is 0 Å². The summed E-state index contributed by atoms with van der Waals surface area (Å²) in [5.41, 5.74) is 7.33. The lowest BCUT2D eigenvalue weighted by Gasteiger charge is -2.42. The van der Waals surface area contributed by atoms with Gasteiger partial charge >= 0.3 is 0 Å². The molecular formula is C18H25N3O2. The van der Waals surface area contributed by atoms with E-state index in [1.54, 1.807) is 13.3 Å². The number of aromatic nitrogens is 1. The van der Waals surface area contributed by atoms with Gasteiger partial charge in [-0.05, 0) is 36.1 Å². The number of nitrogens with zero attached hydrogens (tertiary/aromatic N) is 2. The summed E-state index contributed by atoms with van der Waals surface area (Å²) in [5.74, 6) is 2.37. The SMILES string of the molecule is COc1ccc(-c2cnc(CN3CCC(N)C(C)(C)C3)o2)cc1. The molecule has 1 fully saturated rings. The zero-order chi connectivity index (χ0) is 16.4. The molecule has 0 spiro atoms. The highest BCUT2D eigenvalue weighted by molar-refractivity contribution is 5.57. The van der Waals surface area contributed by atoms with Gasteiger partial charge in [-0.3, -0.25) is 4.90 Å². The van der Waals surface area contributed by atoms with E-state index in [4.69, 9.17) is 14.9 Å². The molecule has 5 nitrogen and oxygen atoms in total. The fraction of sp³-hybridized carbons (Fsp3) is 0.500. The van der Waals surface area contributed by atoms with E-state index in [9.17, 15) is 0 Å². The van der Waals surface area contributed by atoms with E-state index in [0.717, 1.165) is 49.0 Å². The topological polar surface area (TPSA) is 64.5 Å². The first kappa shape index (κ1) is 16.0. The maximum atomic E-state index is 6.20. The largest absolute Gasteiger partial charge is 0.497 e. The van der Waals surface area contributed by atoms with Crippen LogP contribution in [0.15, 0.2) is 34.9 Å². The Morgan fingerprint density at radius 2 is 2.09 bits per heavy atom. The average molecular weight is 315 g/mol. The Morgan fingerprint density at radius 1 is 1.35 bits per heavy atom. The summed E-state index contributed by atoms with van der Waals surface area (Å²) in [5, 5.41) is 0. The highest BCUT2D eigenvalue weighted by atomic mass is 16.5. The summed E-state index contributed by atoms with van der Waals surface area (Å²) < 4.78 is 11.1. The minimum atomic E-state index is 0.129. The van der Waals surface area contributed by atoms with Crippen LogP contribution in [0.3, 0.4) is 0 Å². The van der Waals surface area contributed by atoms with Gasteiger partial charge in [0.1, 0.15) is 5.75 Å². The first-order chi connectivity index (χ1) is 11.0. The summed E-state index contributed by atoms with van der Waals surface area (Å²) in [6.07, 6.45) is 2.80. The summed E-state index contributed by atoms with van der Waals surface area (Å²) in [4.78, 5) is 6.79. The molecule has 124 valence electrons. The van der Waals surface area contributed by atoms with Gasteiger partial charge in [0.15, 0.2) is 5.76 Å². The third-order valence-electron chi connectivity index (χ3n) is 4.68. The summed E-state index contributed by atoms with van der Waals surface area (Å²) in [6.45, 7) is 7.13. The smallest absolute Gasteiger partial charge is 0.209 e. The van der Waals surface area contributed by atoms with Gasteiger partial charge in [-0.25, -0.2) is 4.98 Å². The lowest BCUT2D eigenvalue weighted by molar-refractivity contribution is 0.0832. The molecule has 0 saturated carbocycles. The molecule has 1 saturated heterocycles. The van der Waals surface area contributed by atoms with E-state index in [0.29, 0.717) is 0 Å². The van der Waals surface area contributed by atoms with Crippen LogP contribution in [-0.4, -0.2) is 36.1 Å². The van der Waals surface area contributed by atoms with Crippen LogP contribution >= 0.6 is 0 Å². The second kappa shape index (κ2) is 6.34. The highest BCUT2D eigenvalue weighted by Gasteiger charge is 2.33. The molecule has 23 heavy (non-hydrogen) atoms. The van der Waals surface area contributed by atoms with Gasteiger partial charge in [0.05, 0.1) is 19.9 Å². The number of hydrogen-bond donors (Lipinski definition) is 1. The molecule has 2 aromatic rings. The molecule has 1 unspecified atom stereocenters. The van der Waals surface area contributed by atoms with Crippen molar-refractivity contribution in [3.8, 4) is 17.1 Å². The van der Waals surface area contributed by atoms with Crippen LogP contribution in [-0.2, 0) is 6.54 Å². The van der Waals surface area contributed by atoms with Gasteiger partial charge < -0.3 is 14.9 Å². The molecule has 1 atom stereocenters. The second-order valence-electron chi connectivity index (χ2n) is 6.94. The Kier molecular flexibility index (Phi) is 4.41. The van der Waals surface area contributed by atoms with Crippen molar-refractivity contribution in [1.82, 2.24) is 9.88 Å². The van der Waals surface area contributed by atoms with E-state index in [2.05, 4.69) is 23.7 Å². The maximum absolute atomic E-state index is 6.20. The van der Waals surface area contributed by atoms with Gasteiger partial charge in [-0.2, -0.15) is 0 Å². The van der Waals surface area contributed by atoms with Crippen LogP contribution in [0.4, 0.5) is 0 Å². The predicted octanol–water partition coefficient (Wildman–Crippen LogP) is 2.91. The second-order valence-corrected chi connectivity index (χ2v) is 6.94. The van der Waals surface area contributed by atoms with Gasteiger partial charge in [-0.1, -0.05) is 13.8 Å². The number of oxazole rings is 1. The van der Waals surface area contributed by atoms with Gasteiger partial charge in [0.2, 0.25) is 5.89 Å². The normalized spacial score (nSPS) is 21.3. The van der Waals surface area contributed by atoms with Crippen LogP contribution in [0, 0.1) is 5.41 Å². The molecule has 2 heterocycles. The van der Waals surface area contributed by atoms with Crippen molar-refractivity contribution < 1.29 is 9.15 Å². The molecule has 0 radical (unpaired) electrons. The van der Waals surface area contributed by atoms with E-state index in [1.807, 2.05) is 24.3 Å². The zero-order valence-electron chi connectivity index (χ0n) is 14.1. The fourth-order valence-corrected chi connectivity index (χ4v) is 3.08. The molecule has 2 N–H and O–H groups in total. The summed E-state index contributed by atoms with van der Waals surface area (Å²) >= 11 is 0. The third-order valence-corrected chi connectivity index (χ3v) is 4.68. The minimum Gasteiger partial charge on any atom is -0.497 e. The molecule has 1 aromatic heterocycles. The van der Waals surface area contributed by atoms with Crippen LogP contribution in [0.1, 0.15) is 26.2 Å². The number of rotatable bonds is 4. The molecule has 5 heteroatoms. The van der Waals surface area contributed by atoms with Crippen LogP contribution in [0.25, 0.3) is 11.3 Å². The Balaban J connectivity index is 1.67. The molecule has 1 aliphatic heterocycles. The van der Waals surface area contributed by atoms with Crippen LogP contribution in [0.5, 0.6) is 5.75 Å². The lowest BCUT2D eigenvalue weighted by Crippen LogP contribution is -2.52. The maximum Gasteiger partial charge on any atom is 0.209 e. The lowest BCUT2D eigenvalue weighted by atomic mass is 9.80. The Hall–Kier alpha value is -1.85. The van der Waals surface area contributed by atoms with Gasteiger partial charge in [0.25, 0.3) is 0 Å². The zero-order valence-corrected chi connectivity index (χ0v) is 14.1. The van der Waals surface area contributed by atoms with Crippen molar-refractivity contribution in [3.05, 3.63) is 36.4 Å². The molecular weight excluding hydrogens is 290 g/mol.